The number of hydrogen-bond acceptors (Lipinski definition) is 3. The zero-order valence-corrected chi connectivity index (χ0v) is 15.5. The Morgan fingerprint density at radius 1 is 1.26 bits per heavy atom. The Kier molecular flexibility index (Phi) is 5.19. The maximum Gasteiger partial charge on any atom is 0.233 e. The third kappa shape index (κ3) is 4.61. The van der Waals surface area contributed by atoms with E-state index in [1.54, 1.807) is 6.20 Å². The lowest BCUT2D eigenvalue weighted by molar-refractivity contribution is -0.121. The van der Waals surface area contributed by atoms with Gasteiger partial charge in [0.2, 0.25) is 5.91 Å². The zero-order chi connectivity index (χ0) is 17.2. The number of imidazole rings is 1. The van der Waals surface area contributed by atoms with Gasteiger partial charge in [0.1, 0.15) is 0 Å². The molecule has 1 amide bonds. The van der Waals surface area contributed by atoms with Gasteiger partial charge in [-0.05, 0) is 64.8 Å². The first kappa shape index (κ1) is 17.6. The quantitative estimate of drug-likeness (QED) is 0.865. The number of thioether (sulfide) groups is 1. The lowest BCUT2D eigenvalue weighted by Crippen LogP contribution is -2.44. The minimum atomic E-state index is -0.227. The van der Waals surface area contributed by atoms with E-state index in [4.69, 9.17) is 0 Å². The van der Waals surface area contributed by atoms with Crippen LogP contribution < -0.4 is 5.32 Å². The zero-order valence-electron chi connectivity index (χ0n) is 14.7. The highest BCUT2D eigenvalue weighted by atomic mass is 32.2. The molecule has 0 unspecified atom stereocenters. The van der Waals surface area contributed by atoms with E-state index < -0.39 is 0 Å². The molecular weight excluding hydrogens is 306 g/mol. The number of carbonyl (C=O) groups excluding carboxylic acids is 1. The first-order chi connectivity index (χ1) is 10.7. The summed E-state index contributed by atoms with van der Waals surface area (Å²) in [6.45, 7) is 12.1. The van der Waals surface area contributed by atoms with Gasteiger partial charge in [0.05, 0.1) is 5.25 Å². The molecule has 4 nitrogen and oxygen atoms in total. The molecule has 1 aromatic carbocycles. The highest BCUT2D eigenvalue weighted by Crippen LogP contribution is 2.26. The smallest absolute Gasteiger partial charge is 0.233 e. The summed E-state index contributed by atoms with van der Waals surface area (Å²) in [5, 5.41) is 3.63. The fourth-order valence-corrected chi connectivity index (χ4v) is 3.02. The Bertz CT molecular complexity index is 701. The van der Waals surface area contributed by atoms with Crippen LogP contribution in [0.15, 0.2) is 35.7 Å². The van der Waals surface area contributed by atoms with Crippen LogP contribution in [-0.2, 0) is 4.79 Å². The molecule has 1 aromatic heterocycles. The normalized spacial score (nSPS) is 13.0. The van der Waals surface area contributed by atoms with E-state index in [2.05, 4.69) is 42.3 Å². The summed E-state index contributed by atoms with van der Waals surface area (Å²) in [6, 6.07) is 6.32. The Balaban J connectivity index is 2.18. The predicted molar refractivity (Wildman–Crippen MR) is 96.3 cm³/mol. The average molecular weight is 331 g/mol. The van der Waals surface area contributed by atoms with E-state index in [-0.39, 0.29) is 16.7 Å². The lowest BCUT2D eigenvalue weighted by atomic mass is 10.1. The Labute approximate surface area is 142 Å². The molecular formula is C18H25N3OS. The molecule has 1 N–H and O–H groups in total. The van der Waals surface area contributed by atoms with Gasteiger partial charge in [0.25, 0.3) is 0 Å². The standard InChI is InChI=1S/C18H25N3OS/c1-12-7-8-15(11-13(12)2)21-10-9-19-17(21)23-14(3)16(22)20-18(4,5)6/h7-11,14H,1-6H3,(H,20,22)/t14-/m1/s1. The minimum Gasteiger partial charge on any atom is -0.351 e. The first-order valence-corrected chi connectivity index (χ1v) is 8.65. The predicted octanol–water partition coefficient (Wildman–Crippen LogP) is 3.88. The van der Waals surface area contributed by atoms with Crippen molar-refractivity contribution in [2.75, 3.05) is 0 Å². The topological polar surface area (TPSA) is 46.9 Å². The minimum absolute atomic E-state index is 0.0251. The van der Waals surface area contributed by atoms with Crippen LogP contribution in [0.25, 0.3) is 5.69 Å². The molecule has 0 aliphatic carbocycles. The number of carbonyl (C=O) groups is 1. The molecule has 0 aliphatic rings. The Morgan fingerprint density at radius 2 is 1.96 bits per heavy atom. The van der Waals surface area contributed by atoms with E-state index >= 15 is 0 Å². The maximum atomic E-state index is 12.3. The highest BCUT2D eigenvalue weighted by Gasteiger charge is 2.22. The molecule has 0 spiro atoms. The second-order valence-corrected chi connectivity index (χ2v) is 8.16. The van der Waals surface area contributed by atoms with Crippen LogP contribution in [0.5, 0.6) is 0 Å². The molecule has 2 rings (SSSR count). The fraction of sp³-hybridized carbons (Fsp3) is 0.444. The van der Waals surface area contributed by atoms with E-state index in [1.807, 2.05) is 38.5 Å². The number of rotatable bonds is 4. The maximum absolute atomic E-state index is 12.3. The summed E-state index contributed by atoms with van der Waals surface area (Å²) in [4.78, 5) is 16.7. The van der Waals surface area contributed by atoms with E-state index in [0.717, 1.165) is 10.8 Å². The molecule has 0 aliphatic heterocycles. The van der Waals surface area contributed by atoms with Gasteiger partial charge in [-0.15, -0.1) is 0 Å². The van der Waals surface area contributed by atoms with Gasteiger partial charge >= 0.3 is 0 Å². The number of amides is 1. The lowest BCUT2D eigenvalue weighted by Gasteiger charge is -2.23. The summed E-state index contributed by atoms with van der Waals surface area (Å²) in [5.41, 5.74) is 3.35. The first-order valence-electron chi connectivity index (χ1n) is 7.77. The second-order valence-electron chi connectivity index (χ2n) is 6.85. The van der Waals surface area contributed by atoms with Crippen molar-refractivity contribution in [2.24, 2.45) is 0 Å². The molecule has 124 valence electrons. The van der Waals surface area contributed by atoms with Crippen LogP contribution in [0.3, 0.4) is 0 Å². The molecule has 1 heterocycles. The van der Waals surface area contributed by atoms with E-state index in [0.29, 0.717) is 0 Å². The number of aryl methyl sites for hydroxylation is 2. The molecule has 1 atom stereocenters. The fourth-order valence-electron chi connectivity index (χ4n) is 2.13. The van der Waals surface area contributed by atoms with Crippen molar-refractivity contribution >= 4 is 17.7 Å². The van der Waals surface area contributed by atoms with Gasteiger partial charge in [0.15, 0.2) is 5.16 Å². The van der Waals surface area contributed by atoms with Crippen molar-refractivity contribution in [3.63, 3.8) is 0 Å². The van der Waals surface area contributed by atoms with Crippen LogP contribution in [0, 0.1) is 13.8 Å². The number of nitrogens with zero attached hydrogens (tertiary/aromatic N) is 2. The van der Waals surface area contributed by atoms with Gasteiger partial charge in [0, 0.05) is 23.6 Å². The summed E-state index contributed by atoms with van der Waals surface area (Å²) < 4.78 is 2.03. The Morgan fingerprint density at radius 3 is 2.57 bits per heavy atom. The number of nitrogens with one attached hydrogen (secondary N) is 1. The van der Waals surface area contributed by atoms with Crippen molar-refractivity contribution in [1.29, 1.82) is 0 Å². The van der Waals surface area contributed by atoms with Crippen LogP contribution >= 0.6 is 11.8 Å². The third-order valence-electron chi connectivity index (χ3n) is 3.53. The van der Waals surface area contributed by atoms with E-state index in [1.165, 1.54) is 22.9 Å². The van der Waals surface area contributed by atoms with Crippen molar-refractivity contribution in [2.45, 2.75) is 57.5 Å². The van der Waals surface area contributed by atoms with Crippen LogP contribution in [0.2, 0.25) is 0 Å². The molecule has 0 saturated carbocycles. The SMILES string of the molecule is Cc1ccc(-n2ccnc2S[C@H](C)C(=O)NC(C)(C)C)cc1C. The number of aromatic nitrogens is 2. The van der Waals surface area contributed by atoms with Gasteiger partial charge in [-0.1, -0.05) is 17.8 Å². The molecule has 5 heteroatoms. The van der Waals surface area contributed by atoms with Crippen molar-refractivity contribution < 1.29 is 4.79 Å². The molecule has 23 heavy (non-hydrogen) atoms. The van der Waals surface area contributed by atoms with E-state index in [9.17, 15) is 4.79 Å². The molecule has 2 aromatic rings. The highest BCUT2D eigenvalue weighted by molar-refractivity contribution is 8.00. The number of hydrogen-bond donors (Lipinski definition) is 1. The average Bonchev–Trinajstić information content (AvgIpc) is 2.88. The summed E-state index contributed by atoms with van der Waals surface area (Å²) in [5.74, 6) is 0.0251. The summed E-state index contributed by atoms with van der Waals surface area (Å²) in [6.07, 6.45) is 3.70. The molecule has 0 fully saturated rings. The Hall–Kier alpha value is -1.75. The van der Waals surface area contributed by atoms with Crippen molar-refractivity contribution in [3.05, 3.63) is 41.7 Å². The van der Waals surface area contributed by atoms with Crippen LogP contribution in [0.1, 0.15) is 38.8 Å². The summed E-state index contributed by atoms with van der Waals surface area (Å²) in [7, 11) is 0. The monoisotopic (exact) mass is 331 g/mol. The van der Waals surface area contributed by atoms with Gasteiger partial charge < -0.3 is 5.32 Å². The number of benzene rings is 1. The van der Waals surface area contributed by atoms with Gasteiger partial charge in [-0.2, -0.15) is 0 Å². The van der Waals surface area contributed by atoms with Gasteiger partial charge in [-0.3, -0.25) is 9.36 Å². The molecule has 0 saturated heterocycles. The molecule has 0 radical (unpaired) electrons. The third-order valence-corrected chi connectivity index (χ3v) is 4.61. The second kappa shape index (κ2) is 6.79. The largest absolute Gasteiger partial charge is 0.351 e. The van der Waals surface area contributed by atoms with Gasteiger partial charge in [-0.25, -0.2) is 4.98 Å². The van der Waals surface area contributed by atoms with Crippen molar-refractivity contribution in [3.8, 4) is 5.69 Å². The van der Waals surface area contributed by atoms with Crippen molar-refractivity contribution in [1.82, 2.24) is 14.9 Å². The van der Waals surface area contributed by atoms with Crippen LogP contribution in [0.4, 0.5) is 0 Å². The summed E-state index contributed by atoms with van der Waals surface area (Å²) >= 11 is 1.47. The van der Waals surface area contributed by atoms with Crippen LogP contribution in [-0.4, -0.2) is 26.2 Å². The molecule has 0 bridgehead atoms.